The molecular formula is C28H30N2. The summed E-state index contributed by atoms with van der Waals surface area (Å²) < 4.78 is 0. The number of nitrogens with two attached hydrogens (primary N) is 1. The van der Waals surface area contributed by atoms with Gasteiger partial charge in [-0.25, -0.2) is 0 Å². The van der Waals surface area contributed by atoms with Crippen LogP contribution in [0.4, 0.5) is 17.1 Å². The number of fused-ring (bicyclic) bond motifs is 1. The lowest BCUT2D eigenvalue weighted by molar-refractivity contribution is 0.839. The van der Waals surface area contributed by atoms with Gasteiger partial charge in [-0.15, -0.1) is 0 Å². The number of nitrogens with one attached hydrogen (secondary N) is 1. The summed E-state index contributed by atoms with van der Waals surface area (Å²) in [6, 6.07) is 27.8. The van der Waals surface area contributed by atoms with Crippen molar-refractivity contribution in [2.45, 2.75) is 39.5 Å². The largest absolute Gasteiger partial charge is 0.397 e. The monoisotopic (exact) mass is 394 g/mol. The van der Waals surface area contributed by atoms with Crippen molar-refractivity contribution in [2.75, 3.05) is 11.1 Å². The first-order chi connectivity index (χ1) is 14.5. The van der Waals surface area contributed by atoms with Crippen LogP contribution in [-0.2, 0) is 0 Å². The normalized spacial score (nSPS) is 11.4. The molecule has 4 aromatic carbocycles. The SMILES string of the molecule is CC(C)c1cc(-c2ccccc2)cc(C(C)C)c1Nc1ccc2ccccc2c1N. The second kappa shape index (κ2) is 8.23. The first-order valence-corrected chi connectivity index (χ1v) is 10.7. The number of hydrogen-bond acceptors (Lipinski definition) is 2. The minimum Gasteiger partial charge on any atom is -0.397 e. The quantitative estimate of drug-likeness (QED) is 0.336. The minimum absolute atomic E-state index is 0.385. The third-order valence-corrected chi connectivity index (χ3v) is 5.78. The van der Waals surface area contributed by atoms with E-state index in [1.807, 2.05) is 12.1 Å². The van der Waals surface area contributed by atoms with Crippen molar-refractivity contribution in [2.24, 2.45) is 0 Å². The maximum Gasteiger partial charge on any atom is 0.0633 e. The Morgan fingerprint density at radius 2 is 1.27 bits per heavy atom. The smallest absolute Gasteiger partial charge is 0.0633 e. The van der Waals surface area contributed by atoms with Crippen molar-refractivity contribution < 1.29 is 0 Å². The van der Waals surface area contributed by atoms with Crippen LogP contribution in [-0.4, -0.2) is 0 Å². The minimum atomic E-state index is 0.385. The molecule has 0 spiro atoms. The Hall–Kier alpha value is -3.26. The van der Waals surface area contributed by atoms with Crippen LogP contribution in [0.3, 0.4) is 0 Å². The zero-order valence-corrected chi connectivity index (χ0v) is 18.2. The lowest BCUT2D eigenvalue weighted by Crippen LogP contribution is -2.06. The summed E-state index contributed by atoms with van der Waals surface area (Å²) in [5.74, 6) is 0.769. The molecule has 0 fully saturated rings. The molecular weight excluding hydrogens is 364 g/mol. The van der Waals surface area contributed by atoms with Crippen LogP contribution in [0, 0.1) is 0 Å². The average Bonchev–Trinajstić information content (AvgIpc) is 2.76. The van der Waals surface area contributed by atoms with Gasteiger partial charge in [0.1, 0.15) is 0 Å². The zero-order valence-electron chi connectivity index (χ0n) is 18.2. The van der Waals surface area contributed by atoms with E-state index in [1.54, 1.807) is 0 Å². The molecule has 0 heterocycles. The molecule has 0 unspecified atom stereocenters. The van der Waals surface area contributed by atoms with E-state index >= 15 is 0 Å². The molecule has 0 aliphatic heterocycles. The Bertz CT molecular complexity index is 1140. The predicted molar refractivity (Wildman–Crippen MR) is 132 cm³/mol. The fourth-order valence-corrected chi connectivity index (χ4v) is 4.08. The van der Waals surface area contributed by atoms with Crippen LogP contribution < -0.4 is 11.1 Å². The predicted octanol–water partition coefficient (Wildman–Crippen LogP) is 8.08. The van der Waals surface area contributed by atoms with Gasteiger partial charge in [0.2, 0.25) is 0 Å². The summed E-state index contributed by atoms with van der Waals surface area (Å²) in [4.78, 5) is 0. The van der Waals surface area contributed by atoms with E-state index in [-0.39, 0.29) is 0 Å². The molecule has 0 radical (unpaired) electrons. The third-order valence-electron chi connectivity index (χ3n) is 5.78. The van der Waals surface area contributed by atoms with Crippen molar-refractivity contribution in [1.29, 1.82) is 0 Å². The highest BCUT2D eigenvalue weighted by atomic mass is 14.9. The molecule has 0 saturated carbocycles. The second-order valence-corrected chi connectivity index (χ2v) is 8.58. The summed E-state index contributed by atoms with van der Waals surface area (Å²) in [7, 11) is 0. The third kappa shape index (κ3) is 3.78. The fourth-order valence-electron chi connectivity index (χ4n) is 4.08. The molecule has 0 saturated heterocycles. The Kier molecular flexibility index (Phi) is 5.50. The first kappa shape index (κ1) is 20.0. The second-order valence-electron chi connectivity index (χ2n) is 8.58. The summed E-state index contributed by atoms with van der Waals surface area (Å²) >= 11 is 0. The fraction of sp³-hybridized carbons (Fsp3) is 0.214. The van der Waals surface area contributed by atoms with Gasteiger partial charge in [0.15, 0.2) is 0 Å². The van der Waals surface area contributed by atoms with Crippen molar-refractivity contribution >= 4 is 27.8 Å². The molecule has 2 nitrogen and oxygen atoms in total. The van der Waals surface area contributed by atoms with Crippen molar-refractivity contribution in [1.82, 2.24) is 0 Å². The van der Waals surface area contributed by atoms with Gasteiger partial charge in [-0.3, -0.25) is 0 Å². The van der Waals surface area contributed by atoms with Crippen LogP contribution in [0.25, 0.3) is 21.9 Å². The van der Waals surface area contributed by atoms with Crippen LogP contribution >= 0.6 is 0 Å². The molecule has 0 atom stereocenters. The zero-order chi connectivity index (χ0) is 21.3. The molecule has 0 aliphatic carbocycles. The molecule has 30 heavy (non-hydrogen) atoms. The maximum atomic E-state index is 6.58. The van der Waals surface area contributed by atoms with Crippen LogP contribution in [0.1, 0.15) is 50.7 Å². The average molecular weight is 395 g/mol. The van der Waals surface area contributed by atoms with Gasteiger partial charge >= 0.3 is 0 Å². The molecule has 4 aromatic rings. The van der Waals surface area contributed by atoms with Gasteiger partial charge in [-0.2, -0.15) is 0 Å². The van der Waals surface area contributed by atoms with Gasteiger partial charge in [0, 0.05) is 11.1 Å². The molecule has 3 N–H and O–H groups in total. The van der Waals surface area contributed by atoms with Gasteiger partial charge in [-0.1, -0.05) is 88.4 Å². The molecule has 0 aromatic heterocycles. The van der Waals surface area contributed by atoms with E-state index in [0.717, 1.165) is 22.1 Å². The van der Waals surface area contributed by atoms with E-state index in [1.165, 1.54) is 27.9 Å². The van der Waals surface area contributed by atoms with Crippen LogP contribution in [0.15, 0.2) is 78.9 Å². The highest BCUT2D eigenvalue weighted by Gasteiger charge is 2.18. The lowest BCUT2D eigenvalue weighted by atomic mass is 9.88. The Labute approximate surface area is 179 Å². The van der Waals surface area contributed by atoms with E-state index < -0.39 is 0 Å². The molecule has 4 rings (SSSR count). The summed E-state index contributed by atoms with van der Waals surface area (Å²) in [6.07, 6.45) is 0. The summed E-state index contributed by atoms with van der Waals surface area (Å²) in [5, 5.41) is 5.96. The number of anilines is 3. The molecule has 0 aliphatic rings. The molecule has 2 heteroatoms. The van der Waals surface area contributed by atoms with Gasteiger partial charge in [0.25, 0.3) is 0 Å². The summed E-state index contributed by atoms with van der Waals surface area (Å²) in [5.41, 5.74) is 14.7. The topological polar surface area (TPSA) is 38.0 Å². The van der Waals surface area contributed by atoms with Gasteiger partial charge in [-0.05, 0) is 57.7 Å². The molecule has 152 valence electrons. The number of rotatable bonds is 5. The van der Waals surface area contributed by atoms with Crippen molar-refractivity contribution in [3.63, 3.8) is 0 Å². The van der Waals surface area contributed by atoms with E-state index in [9.17, 15) is 0 Å². The van der Waals surface area contributed by atoms with Crippen LogP contribution in [0.5, 0.6) is 0 Å². The standard InChI is InChI=1S/C28H30N2/c1-18(2)24-16-22(20-10-6-5-7-11-20)17-25(19(3)4)28(24)30-26-15-14-21-12-8-9-13-23(21)27(26)29/h5-19,30H,29H2,1-4H3. The van der Waals surface area contributed by atoms with E-state index in [2.05, 4.69) is 99.7 Å². The number of hydrogen-bond donors (Lipinski definition) is 2. The van der Waals surface area contributed by atoms with Crippen LogP contribution in [0.2, 0.25) is 0 Å². The van der Waals surface area contributed by atoms with Gasteiger partial charge < -0.3 is 11.1 Å². The molecule has 0 amide bonds. The highest BCUT2D eigenvalue weighted by Crippen LogP contribution is 2.40. The number of nitrogen functional groups attached to an aromatic ring is 1. The highest BCUT2D eigenvalue weighted by molar-refractivity contribution is 6.00. The van der Waals surface area contributed by atoms with Gasteiger partial charge in [0.05, 0.1) is 11.4 Å². The lowest BCUT2D eigenvalue weighted by Gasteiger charge is -2.24. The van der Waals surface area contributed by atoms with Crippen molar-refractivity contribution in [3.05, 3.63) is 90.0 Å². The Morgan fingerprint density at radius 1 is 0.667 bits per heavy atom. The first-order valence-electron chi connectivity index (χ1n) is 10.7. The maximum absolute atomic E-state index is 6.58. The van der Waals surface area contributed by atoms with E-state index in [4.69, 9.17) is 5.73 Å². The summed E-state index contributed by atoms with van der Waals surface area (Å²) in [6.45, 7) is 9.01. The number of benzene rings is 4. The van der Waals surface area contributed by atoms with Crippen molar-refractivity contribution in [3.8, 4) is 11.1 Å². The Morgan fingerprint density at radius 3 is 1.90 bits per heavy atom. The molecule has 0 bridgehead atoms. The Balaban J connectivity index is 1.88. The van der Waals surface area contributed by atoms with E-state index in [0.29, 0.717) is 11.8 Å².